The summed E-state index contributed by atoms with van der Waals surface area (Å²) in [6, 6.07) is 0.605. The van der Waals surface area contributed by atoms with Gasteiger partial charge in [0.1, 0.15) is 5.60 Å². The van der Waals surface area contributed by atoms with E-state index >= 15 is 0 Å². The van der Waals surface area contributed by atoms with E-state index in [0.29, 0.717) is 17.9 Å². The highest BCUT2D eigenvalue weighted by atomic mass is 16.6. The van der Waals surface area contributed by atoms with Gasteiger partial charge in [-0.25, -0.2) is 4.79 Å². The van der Waals surface area contributed by atoms with Gasteiger partial charge in [-0.1, -0.05) is 0 Å². The Labute approximate surface area is 103 Å². The summed E-state index contributed by atoms with van der Waals surface area (Å²) in [4.78, 5) is 11.7. The van der Waals surface area contributed by atoms with E-state index in [1.165, 1.54) is 12.8 Å². The number of rotatable bonds is 1. The molecular formula is C13H24N2O2. The zero-order valence-electron chi connectivity index (χ0n) is 11.0. The van der Waals surface area contributed by atoms with Gasteiger partial charge < -0.3 is 15.8 Å². The fourth-order valence-electron chi connectivity index (χ4n) is 3.11. The van der Waals surface area contributed by atoms with Crippen molar-refractivity contribution in [2.75, 3.05) is 0 Å². The molecule has 2 bridgehead atoms. The van der Waals surface area contributed by atoms with E-state index in [1.54, 1.807) is 0 Å². The molecule has 0 spiro atoms. The Kier molecular flexibility index (Phi) is 3.34. The van der Waals surface area contributed by atoms with E-state index in [0.717, 1.165) is 12.8 Å². The van der Waals surface area contributed by atoms with Crippen molar-refractivity contribution in [2.45, 2.75) is 64.1 Å². The second kappa shape index (κ2) is 4.48. The van der Waals surface area contributed by atoms with Crippen molar-refractivity contribution in [1.82, 2.24) is 5.32 Å². The van der Waals surface area contributed by atoms with Crippen molar-refractivity contribution < 1.29 is 9.53 Å². The van der Waals surface area contributed by atoms with E-state index < -0.39 is 5.60 Å². The van der Waals surface area contributed by atoms with Gasteiger partial charge >= 0.3 is 6.09 Å². The van der Waals surface area contributed by atoms with Gasteiger partial charge in [-0.15, -0.1) is 0 Å². The Morgan fingerprint density at radius 3 is 2.35 bits per heavy atom. The number of hydrogen-bond acceptors (Lipinski definition) is 3. The quantitative estimate of drug-likeness (QED) is 0.737. The third-order valence-corrected chi connectivity index (χ3v) is 3.92. The first kappa shape index (κ1) is 12.7. The molecule has 0 saturated heterocycles. The molecular weight excluding hydrogens is 216 g/mol. The summed E-state index contributed by atoms with van der Waals surface area (Å²) in [5.41, 5.74) is 5.65. The predicted molar refractivity (Wildman–Crippen MR) is 66.6 cm³/mol. The molecule has 0 aliphatic heterocycles. The zero-order chi connectivity index (χ0) is 12.6. The minimum atomic E-state index is -0.422. The number of nitrogens with two attached hydrogens (primary N) is 1. The van der Waals surface area contributed by atoms with Crippen LogP contribution < -0.4 is 11.1 Å². The van der Waals surface area contributed by atoms with E-state index in [1.807, 2.05) is 20.8 Å². The van der Waals surface area contributed by atoms with Crippen LogP contribution in [-0.4, -0.2) is 23.8 Å². The Balaban J connectivity index is 1.86. The highest BCUT2D eigenvalue weighted by Crippen LogP contribution is 2.40. The standard InChI is InChI=1S/C13H24N2O2/c1-13(2,3)17-12(16)15-11-7-8-4-5-9(11)6-10(8)14/h8-11H,4-7,14H2,1-3H3,(H,15,16)/t8-,9-,10-,11-/m1/s1. The van der Waals surface area contributed by atoms with Gasteiger partial charge in [0, 0.05) is 12.1 Å². The summed E-state index contributed by atoms with van der Waals surface area (Å²) < 4.78 is 5.29. The summed E-state index contributed by atoms with van der Waals surface area (Å²) in [5, 5.41) is 3.01. The van der Waals surface area contributed by atoms with E-state index in [4.69, 9.17) is 10.5 Å². The average Bonchev–Trinajstić information content (AvgIpc) is 2.16. The second-order valence-corrected chi connectivity index (χ2v) is 6.49. The van der Waals surface area contributed by atoms with E-state index in [2.05, 4.69) is 5.32 Å². The number of fused-ring (bicyclic) bond motifs is 3. The van der Waals surface area contributed by atoms with Crippen LogP contribution in [0.4, 0.5) is 4.79 Å². The van der Waals surface area contributed by atoms with Gasteiger partial charge in [-0.05, 0) is 58.3 Å². The molecule has 3 saturated carbocycles. The lowest BCUT2D eigenvalue weighted by atomic mass is 9.65. The van der Waals surface area contributed by atoms with Crippen LogP contribution in [-0.2, 0) is 4.74 Å². The normalized spacial score (nSPS) is 36.7. The maximum atomic E-state index is 11.7. The van der Waals surface area contributed by atoms with Crippen molar-refractivity contribution >= 4 is 6.09 Å². The number of alkyl carbamates (subject to hydrolysis) is 1. The van der Waals surface area contributed by atoms with Gasteiger partial charge in [0.2, 0.25) is 0 Å². The Morgan fingerprint density at radius 1 is 1.24 bits per heavy atom. The monoisotopic (exact) mass is 240 g/mol. The number of ether oxygens (including phenoxy) is 1. The van der Waals surface area contributed by atoms with Gasteiger partial charge in [-0.2, -0.15) is 0 Å². The molecule has 4 atom stereocenters. The van der Waals surface area contributed by atoms with Crippen LogP contribution in [0, 0.1) is 11.8 Å². The molecule has 0 aromatic heterocycles. The van der Waals surface area contributed by atoms with Crippen molar-refractivity contribution in [1.29, 1.82) is 0 Å². The molecule has 4 nitrogen and oxygen atoms in total. The van der Waals surface area contributed by atoms with Crippen LogP contribution in [0.3, 0.4) is 0 Å². The van der Waals surface area contributed by atoms with E-state index in [9.17, 15) is 4.79 Å². The number of amides is 1. The zero-order valence-corrected chi connectivity index (χ0v) is 11.0. The summed E-state index contributed by atoms with van der Waals surface area (Å²) in [7, 11) is 0. The lowest BCUT2D eigenvalue weighted by molar-refractivity contribution is 0.0375. The summed E-state index contributed by atoms with van der Waals surface area (Å²) in [6.07, 6.45) is 4.19. The van der Waals surface area contributed by atoms with Gasteiger partial charge in [-0.3, -0.25) is 0 Å². The molecule has 3 N–H and O–H groups in total. The molecule has 98 valence electrons. The van der Waals surface area contributed by atoms with Crippen molar-refractivity contribution in [3.05, 3.63) is 0 Å². The summed E-state index contributed by atoms with van der Waals surface area (Å²) in [5.74, 6) is 1.13. The highest BCUT2D eigenvalue weighted by molar-refractivity contribution is 5.68. The lowest BCUT2D eigenvalue weighted by Crippen LogP contribution is -2.54. The molecule has 3 aliphatic carbocycles. The molecule has 0 unspecified atom stereocenters. The molecule has 3 fully saturated rings. The molecule has 0 heterocycles. The van der Waals surface area contributed by atoms with Crippen LogP contribution >= 0.6 is 0 Å². The average molecular weight is 240 g/mol. The fraction of sp³-hybridized carbons (Fsp3) is 0.923. The molecule has 0 aromatic carbocycles. The Hall–Kier alpha value is -0.770. The molecule has 0 aromatic rings. The molecule has 4 heteroatoms. The van der Waals surface area contributed by atoms with Crippen molar-refractivity contribution in [2.24, 2.45) is 17.6 Å². The maximum absolute atomic E-state index is 11.7. The molecule has 3 rings (SSSR count). The van der Waals surface area contributed by atoms with Crippen LogP contribution in [0.15, 0.2) is 0 Å². The first-order valence-electron chi connectivity index (χ1n) is 6.60. The third-order valence-electron chi connectivity index (χ3n) is 3.92. The molecule has 0 radical (unpaired) electrons. The van der Waals surface area contributed by atoms with E-state index in [-0.39, 0.29) is 12.1 Å². The third kappa shape index (κ3) is 3.12. The second-order valence-electron chi connectivity index (χ2n) is 6.49. The highest BCUT2D eigenvalue weighted by Gasteiger charge is 2.41. The fourth-order valence-corrected chi connectivity index (χ4v) is 3.11. The van der Waals surface area contributed by atoms with Gasteiger partial charge in [0.25, 0.3) is 0 Å². The van der Waals surface area contributed by atoms with Crippen LogP contribution in [0.2, 0.25) is 0 Å². The summed E-state index contributed by atoms with van der Waals surface area (Å²) in [6.45, 7) is 5.65. The molecule has 1 amide bonds. The van der Waals surface area contributed by atoms with Gasteiger partial charge in [0.15, 0.2) is 0 Å². The summed E-state index contributed by atoms with van der Waals surface area (Å²) >= 11 is 0. The van der Waals surface area contributed by atoms with Crippen LogP contribution in [0.1, 0.15) is 46.5 Å². The minimum absolute atomic E-state index is 0.267. The SMILES string of the molecule is CC(C)(C)OC(=O)N[C@@H]1C[C@H]2CC[C@@H]1C[C@H]2N. The number of hydrogen-bond donors (Lipinski definition) is 2. The Morgan fingerprint density at radius 2 is 1.88 bits per heavy atom. The van der Waals surface area contributed by atoms with Crippen molar-refractivity contribution in [3.8, 4) is 0 Å². The lowest BCUT2D eigenvalue weighted by Gasteiger charge is -2.46. The first-order valence-corrected chi connectivity index (χ1v) is 6.60. The van der Waals surface area contributed by atoms with Crippen LogP contribution in [0.25, 0.3) is 0 Å². The van der Waals surface area contributed by atoms with Gasteiger partial charge in [0.05, 0.1) is 0 Å². The largest absolute Gasteiger partial charge is 0.444 e. The predicted octanol–water partition coefficient (Wildman–Crippen LogP) is 2.03. The first-order chi connectivity index (χ1) is 7.85. The molecule has 17 heavy (non-hydrogen) atoms. The topological polar surface area (TPSA) is 64.3 Å². The molecule has 3 aliphatic rings. The minimum Gasteiger partial charge on any atom is -0.444 e. The number of carbonyl (C=O) groups is 1. The smallest absolute Gasteiger partial charge is 0.407 e. The Bertz CT molecular complexity index is 298. The maximum Gasteiger partial charge on any atom is 0.407 e. The van der Waals surface area contributed by atoms with Crippen molar-refractivity contribution in [3.63, 3.8) is 0 Å². The van der Waals surface area contributed by atoms with Crippen LogP contribution in [0.5, 0.6) is 0 Å². The number of carbonyl (C=O) groups excluding carboxylic acids is 1. The number of nitrogens with one attached hydrogen (secondary N) is 1.